The number of hydrogen-bond donors (Lipinski definition) is 1. The lowest BCUT2D eigenvalue weighted by Crippen LogP contribution is -2.54. The minimum atomic E-state index is -1.27. The summed E-state index contributed by atoms with van der Waals surface area (Å²) in [6, 6.07) is 8.77. The van der Waals surface area contributed by atoms with Crippen molar-refractivity contribution < 1.29 is 18.8 Å². The molecule has 1 N–H and O–H groups in total. The smallest absolute Gasteiger partial charge is 0.250 e. The van der Waals surface area contributed by atoms with Crippen molar-refractivity contribution in [2.75, 3.05) is 16.8 Å². The van der Waals surface area contributed by atoms with Gasteiger partial charge in [-0.3, -0.25) is 19.3 Å². The fourth-order valence-electron chi connectivity index (χ4n) is 6.24. The van der Waals surface area contributed by atoms with Crippen LogP contribution in [0.2, 0.25) is 5.02 Å². The molecule has 0 unspecified atom stereocenters. The van der Waals surface area contributed by atoms with Gasteiger partial charge in [0, 0.05) is 11.6 Å². The van der Waals surface area contributed by atoms with Gasteiger partial charge >= 0.3 is 0 Å². The van der Waals surface area contributed by atoms with Crippen LogP contribution in [-0.4, -0.2) is 35.2 Å². The van der Waals surface area contributed by atoms with Crippen molar-refractivity contribution in [1.82, 2.24) is 4.90 Å². The maximum absolute atomic E-state index is 13.8. The molecule has 8 heteroatoms. The van der Waals surface area contributed by atoms with Gasteiger partial charge in [0.15, 0.2) is 0 Å². The number of anilines is 2. The summed E-state index contributed by atoms with van der Waals surface area (Å²) >= 11 is 6.46. The van der Waals surface area contributed by atoms with E-state index in [0.29, 0.717) is 28.5 Å². The molecule has 2 aromatic rings. The highest BCUT2D eigenvalue weighted by atomic mass is 35.5. The molecule has 3 fully saturated rings. The van der Waals surface area contributed by atoms with E-state index in [1.807, 2.05) is 13.0 Å². The summed E-state index contributed by atoms with van der Waals surface area (Å²) in [6.45, 7) is 2.52. The van der Waals surface area contributed by atoms with Gasteiger partial charge in [-0.05, 0) is 62.2 Å². The van der Waals surface area contributed by atoms with Gasteiger partial charge < -0.3 is 5.32 Å². The van der Waals surface area contributed by atoms with Gasteiger partial charge in [-0.1, -0.05) is 17.7 Å². The van der Waals surface area contributed by atoms with Crippen LogP contribution in [0.3, 0.4) is 0 Å². The molecule has 3 amide bonds. The average molecular weight is 440 g/mol. The Bertz CT molecular complexity index is 1180. The number of imide groups is 1. The summed E-state index contributed by atoms with van der Waals surface area (Å²) < 4.78 is 13.4. The Kier molecular flexibility index (Phi) is 3.76. The number of amides is 3. The van der Waals surface area contributed by atoms with E-state index in [-0.39, 0.29) is 17.9 Å². The number of nitrogens with one attached hydrogen (secondary N) is 1. The van der Waals surface area contributed by atoms with E-state index in [1.165, 1.54) is 24.3 Å². The number of carbonyl (C=O) groups excluding carboxylic acids is 3. The Balaban J connectivity index is 1.57. The Hall–Kier alpha value is -2.77. The van der Waals surface area contributed by atoms with E-state index < -0.39 is 29.1 Å². The van der Waals surface area contributed by atoms with Crippen molar-refractivity contribution in [2.45, 2.75) is 31.3 Å². The first-order chi connectivity index (χ1) is 14.9. The summed E-state index contributed by atoms with van der Waals surface area (Å²) in [5, 5.41) is 3.33. The van der Waals surface area contributed by atoms with Gasteiger partial charge in [-0.2, -0.15) is 0 Å². The zero-order valence-corrected chi connectivity index (χ0v) is 17.4. The topological polar surface area (TPSA) is 69.7 Å². The van der Waals surface area contributed by atoms with Crippen LogP contribution in [0.15, 0.2) is 36.4 Å². The second-order valence-corrected chi connectivity index (χ2v) is 9.19. The highest BCUT2D eigenvalue weighted by Gasteiger charge is 2.74. The third-order valence-corrected chi connectivity index (χ3v) is 7.58. The molecule has 158 valence electrons. The van der Waals surface area contributed by atoms with Crippen molar-refractivity contribution in [3.63, 3.8) is 0 Å². The van der Waals surface area contributed by atoms with E-state index in [4.69, 9.17) is 11.6 Å². The minimum Gasteiger partial charge on any atom is -0.323 e. The number of nitrogens with zero attached hydrogens (tertiary/aromatic N) is 2. The van der Waals surface area contributed by atoms with Gasteiger partial charge in [-0.25, -0.2) is 9.29 Å². The number of carbonyl (C=O) groups is 3. The highest BCUT2D eigenvalue weighted by molar-refractivity contribution is 6.35. The third-order valence-electron chi connectivity index (χ3n) is 7.28. The second-order valence-electron chi connectivity index (χ2n) is 8.78. The fourth-order valence-corrected chi connectivity index (χ4v) is 6.56. The molecule has 0 saturated carbocycles. The largest absolute Gasteiger partial charge is 0.323 e. The molecule has 3 saturated heterocycles. The van der Waals surface area contributed by atoms with Crippen LogP contribution in [0, 0.1) is 24.6 Å². The molecule has 6 nitrogen and oxygen atoms in total. The molecule has 4 heterocycles. The Morgan fingerprint density at radius 3 is 2.61 bits per heavy atom. The van der Waals surface area contributed by atoms with Crippen molar-refractivity contribution >= 4 is 40.7 Å². The molecule has 0 aromatic heterocycles. The normalized spacial score (nSPS) is 31.4. The van der Waals surface area contributed by atoms with E-state index in [0.717, 1.165) is 23.3 Å². The summed E-state index contributed by atoms with van der Waals surface area (Å²) in [5.74, 6) is -2.98. The number of aryl methyl sites for hydroxylation is 1. The van der Waals surface area contributed by atoms with Crippen LogP contribution in [0.1, 0.15) is 24.0 Å². The Morgan fingerprint density at radius 2 is 1.87 bits per heavy atom. The van der Waals surface area contributed by atoms with Crippen molar-refractivity contribution in [2.24, 2.45) is 11.8 Å². The summed E-state index contributed by atoms with van der Waals surface area (Å²) in [4.78, 5) is 44.1. The van der Waals surface area contributed by atoms with Crippen LogP contribution in [0.4, 0.5) is 15.8 Å². The summed E-state index contributed by atoms with van der Waals surface area (Å²) in [7, 11) is 0. The van der Waals surface area contributed by atoms with E-state index in [9.17, 15) is 18.8 Å². The van der Waals surface area contributed by atoms with Crippen molar-refractivity contribution in [1.29, 1.82) is 0 Å². The maximum atomic E-state index is 13.8. The average Bonchev–Trinajstić information content (AvgIpc) is 3.42. The van der Waals surface area contributed by atoms with E-state index in [2.05, 4.69) is 10.2 Å². The number of fused-ring (bicyclic) bond motifs is 7. The minimum absolute atomic E-state index is 0.206. The van der Waals surface area contributed by atoms with Crippen LogP contribution in [-0.2, 0) is 19.9 Å². The maximum Gasteiger partial charge on any atom is 0.250 e. The van der Waals surface area contributed by atoms with Crippen LogP contribution in [0.5, 0.6) is 0 Å². The number of benzene rings is 2. The predicted molar refractivity (Wildman–Crippen MR) is 112 cm³/mol. The lowest BCUT2D eigenvalue weighted by Gasteiger charge is -2.36. The molecule has 31 heavy (non-hydrogen) atoms. The van der Waals surface area contributed by atoms with Gasteiger partial charge in [0.2, 0.25) is 11.8 Å². The van der Waals surface area contributed by atoms with E-state index >= 15 is 0 Å². The first kappa shape index (κ1) is 19.0. The third kappa shape index (κ3) is 2.18. The van der Waals surface area contributed by atoms with E-state index in [1.54, 1.807) is 6.07 Å². The molecule has 2 aromatic carbocycles. The SMILES string of the molecule is Cc1cc(Cl)c2c(c1)[C@]1(C(=O)N2)[C@@H]2C(=O)N(c3ccc(F)cc3)C(=O)[C@H]2[C@@H]2CCCN21. The molecule has 0 aliphatic carbocycles. The van der Waals surface area contributed by atoms with Crippen molar-refractivity contribution in [3.8, 4) is 0 Å². The molecule has 0 radical (unpaired) electrons. The first-order valence-corrected chi connectivity index (χ1v) is 10.8. The molecule has 6 rings (SSSR count). The molecular weight excluding hydrogens is 421 g/mol. The molecule has 4 aliphatic heterocycles. The van der Waals surface area contributed by atoms with Crippen LogP contribution >= 0.6 is 11.6 Å². The first-order valence-electron chi connectivity index (χ1n) is 10.4. The zero-order chi connectivity index (χ0) is 21.7. The van der Waals surface area contributed by atoms with Crippen molar-refractivity contribution in [3.05, 3.63) is 58.4 Å². The van der Waals surface area contributed by atoms with Gasteiger partial charge in [0.05, 0.1) is 28.2 Å². The van der Waals surface area contributed by atoms with Crippen LogP contribution in [0.25, 0.3) is 0 Å². The Morgan fingerprint density at radius 1 is 1.13 bits per heavy atom. The summed E-state index contributed by atoms with van der Waals surface area (Å²) in [5.41, 5.74) is 1.13. The fraction of sp³-hybridized carbons (Fsp3) is 0.348. The standard InChI is InChI=1S/C23H19ClFN3O3/c1-11-9-14-19(15(24)10-11)26-22(31)23(14)18-17(16-3-2-8-27(16)23)20(29)28(21(18)30)13-6-4-12(25)5-7-13/h4-7,9-10,16-18H,2-3,8H2,1H3,(H,26,31)/t16-,17-,18-,23+/m0/s1. The molecule has 0 bridgehead atoms. The quantitative estimate of drug-likeness (QED) is 0.693. The van der Waals surface area contributed by atoms with Gasteiger partial charge in [0.1, 0.15) is 11.4 Å². The predicted octanol–water partition coefficient (Wildman–Crippen LogP) is 3.22. The molecule has 1 spiro atoms. The van der Waals surface area contributed by atoms with Gasteiger partial charge in [-0.15, -0.1) is 0 Å². The second kappa shape index (κ2) is 6.14. The molecular formula is C23H19ClFN3O3. The van der Waals surface area contributed by atoms with Crippen LogP contribution < -0.4 is 10.2 Å². The van der Waals surface area contributed by atoms with Gasteiger partial charge in [0.25, 0.3) is 5.91 Å². The lowest BCUT2D eigenvalue weighted by molar-refractivity contribution is -0.135. The summed E-state index contributed by atoms with van der Waals surface area (Å²) in [6.07, 6.45) is 1.58. The lowest BCUT2D eigenvalue weighted by atomic mass is 9.75. The number of rotatable bonds is 1. The zero-order valence-electron chi connectivity index (χ0n) is 16.7. The molecule has 4 atom stereocenters. The number of hydrogen-bond acceptors (Lipinski definition) is 4. The Labute approximate surface area is 183 Å². The monoisotopic (exact) mass is 439 g/mol. The molecule has 4 aliphatic rings. The number of halogens is 2. The highest BCUT2D eigenvalue weighted by Crippen LogP contribution is 2.61.